The van der Waals surface area contributed by atoms with Crippen molar-refractivity contribution in [2.75, 3.05) is 26.3 Å². The summed E-state index contributed by atoms with van der Waals surface area (Å²) < 4.78 is 85.5. The van der Waals surface area contributed by atoms with Gasteiger partial charge < -0.3 is 10.2 Å². The molecule has 2 N–H and O–H groups in total. The van der Waals surface area contributed by atoms with Gasteiger partial charge in [0.2, 0.25) is 0 Å². The van der Waals surface area contributed by atoms with Crippen LogP contribution in [0.2, 0.25) is 0 Å². The highest BCUT2D eigenvalue weighted by Crippen LogP contribution is 2.45. The minimum Gasteiger partial charge on any atom is -0.317 e. The maximum absolute atomic E-state index is 11.4. The number of nitrogens with one attached hydrogen (secondary N) is 1. The molecular formula is C10H20F6NO4P. The summed E-state index contributed by atoms with van der Waals surface area (Å²) in [6.45, 7) is 2.38. The SMILES string of the molecule is CCCNCCC.O=P(O)(OCC(F)(F)F)OCC(F)(F)F. The van der Waals surface area contributed by atoms with E-state index in [0.717, 1.165) is 0 Å². The molecule has 0 heterocycles. The molecule has 0 saturated heterocycles. The van der Waals surface area contributed by atoms with Crippen molar-refractivity contribution in [2.24, 2.45) is 0 Å². The highest BCUT2D eigenvalue weighted by Gasteiger charge is 2.37. The fraction of sp³-hybridized carbons (Fsp3) is 1.00. The zero-order valence-corrected chi connectivity index (χ0v) is 13.0. The fourth-order valence-electron chi connectivity index (χ4n) is 0.825. The molecule has 0 fully saturated rings. The average Bonchev–Trinajstić information content (AvgIpc) is 2.35. The van der Waals surface area contributed by atoms with Crippen LogP contribution in [0.15, 0.2) is 0 Å². The molecule has 12 heteroatoms. The van der Waals surface area contributed by atoms with E-state index in [2.05, 4.69) is 28.2 Å². The van der Waals surface area contributed by atoms with Crippen LogP contribution in [0.3, 0.4) is 0 Å². The lowest BCUT2D eigenvalue weighted by Crippen LogP contribution is -2.19. The number of phosphoric acid groups is 1. The molecule has 0 rings (SSSR count). The summed E-state index contributed by atoms with van der Waals surface area (Å²) in [5, 5.41) is 3.28. The molecule has 22 heavy (non-hydrogen) atoms. The monoisotopic (exact) mass is 363 g/mol. The lowest BCUT2D eigenvalue weighted by molar-refractivity contribution is -0.169. The Kier molecular flexibility index (Phi) is 12.2. The highest BCUT2D eigenvalue weighted by molar-refractivity contribution is 7.47. The number of rotatable bonds is 8. The van der Waals surface area contributed by atoms with Gasteiger partial charge in [-0.05, 0) is 25.9 Å². The van der Waals surface area contributed by atoms with Crippen molar-refractivity contribution in [1.29, 1.82) is 0 Å². The summed E-state index contributed by atoms with van der Waals surface area (Å²) in [4.78, 5) is 8.35. The molecule has 0 aliphatic rings. The fourth-order valence-corrected chi connectivity index (χ4v) is 1.52. The van der Waals surface area contributed by atoms with Crippen molar-refractivity contribution in [3.8, 4) is 0 Å². The average molecular weight is 363 g/mol. The third kappa shape index (κ3) is 21.9. The van der Waals surface area contributed by atoms with Gasteiger partial charge in [0.1, 0.15) is 0 Å². The van der Waals surface area contributed by atoms with E-state index in [4.69, 9.17) is 4.89 Å². The minimum absolute atomic E-state index is 1.17. The van der Waals surface area contributed by atoms with E-state index in [1.54, 1.807) is 0 Å². The van der Waals surface area contributed by atoms with Crippen molar-refractivity contribution in [3.63, 3.8) is 0 Å². The van der Waals surface area contributed by atoms with Crippen molar-refractivity contribution >= 4 is 7.82 Å². The Morgan fingerprint density at radius 3 is 1.45 bits per heavy atom. The first-order valence-corrected chi connectivity index (χ1v) is 7.78. The van der Waals surface area contributed by atoms with E-state index in [1.165, 1.54) is 25.9 Å². The van der Waals surface area contributed by atoms with Crippen molar-refractivity contribution in [1.82, 2.24) is 5.32 Å². The van der Waals surface area contributed by atoms with E-state index in [9.17, 15) is 30.9 Å². The number of hydrogen-bond acceptors (Lipinski definition) is 4. The van der Waals surface area contributed by atoms with Crippen LogP contribution >= 0.6 is 7.82 Å². The molecule has 0 spiro atoms. The van der Waals surface area contributed by atoms with Crippen LogP contribution in [0, 0.1) is 0 Å². The Bertz CT molecular complexity index is 298. The van der Waals surface area contributed by atoms with Gasteiger partial charge in [-0.15, -0.1) is 0 Å². The molecule has 0 saturated carbocycles. The van der Waals surface area contributed by atoms with Crippen LogP contribution in [0.25, 0.3) is 0 Å². The predicted molar refractivity (Wildman–Crippen MR) is 67.3 cm³/mol. The van der Waals surface area contributed by atoms with Gasteiger partial charge in [-0.2, -0.15) is 26.3 Å². The van der Waals surface area contributed by atoms with Crippen LogP contribution in [0.4, 0.5) is 26.3 Å². The second-order valence-corrected chi connectivity index (χ2v) is 5.45. The molecule has 0 atom stereocenters. The molecule has 5 nitrogen and oxygen atoms in total. The first kappa shape index (κ1) is 23.9. The van der Waals surface area contributed by atoms with E-state index in [0.29, 0.717) is 0 Å². The molecule has 0 aromatic carbocycles. The van der Waals surface area contributed by atoms with Gasteiger partial charge in [0, 0.05) is 0 Å². The quantitative estimate of drug-likeness (QED) is 0.392. The topological polar surface area (TPSA) is 67.8 Å². The van der Waals surface area contributed by atoms with Gasteiger partial charge in [-0.25, -0.2) is 4.57 Å². The highest BCUT2D eigenvalue weighted by atomic mass is 31.2. The first-order valence-electron chi connectivity index (χ1n) is 6.29. The lowest BCUT2D eigenvalue weighted by atomic mass is 10.4. The summed E-state index contributed by atoms with van der Waals surface area (Å²) in [7, 11) is -5.33. The van der Waals surface area contributed by atoms with Gasteiger partial charge >= 0.3 is 20.2 Å². The van der Waals surface area contributed by atoms with Gasteiger partial charge in [-0.3, -0.25) is 9.05 Å². The third-order valence-corrected chi connectivity index (χ3v) is 2.55. The van der Waals surface area contributed by atoms with Crippen LogP contribution in [-0.2, 0) is 13.6 Å². The summed E-state index contributed by atoms with van der Waals surface area (Å²) in [6.07, 6.45) is -7.36. The van der Waals surface area contributed by atoms with Gasteiger partial charge in [-0.1, -0.05) is 13.8 Å². The second-order valence-electron chi connectivity index (χ2n) is 4.00. The molecule has 0 aromatic rings. The lowest BCUT2D eigenvalue weighted by Gasteiger charge is -2.14. The maximum Gasteiger partial charge on any atom is 0.472 e. The van der Waals surface area contributed by atoms with Crippen molar-refractivity contribution in [3.05, 3.63) is 0 Å². The van der Waals surface area contributed by atoms with E-state index in [-0.39, 0.29) is 0 Å². The molecule has 0 aliphatic heterocycles. The summed E-state index contributed by atoms with van der Waals surface area (Å²) >= 11 is 0. The van der Waals surface area contributed by atoms with E-state index < -0.39 is 33.4 Å². The molecule has 0 radical (unpaired) electrons. The Hall–Kier alpha value is -0.350. The molecular weight excluding hydrogens is 343 g/mol. The summed E-state index contributed by atoms with van der Waals surface area (Å²) in [6, 6.07) is 0. The van der Waals surface area contributed by atoms with Crippen molar-refractivity contribution < 1.29 is 44.8 Å². The molecule has 0 unspecified atom stereocenters. The Labute approximate surface area is 124 Å². The number of hydrogen-bond donors (Lipinski definition) is 2. The summed E-state index contributed by atoms with van der Waals surface area (Å²) in [5.41, 5.74) is 0. The first-order chi connectivity index (χ1) is 9.83. The Morgan fingerprint density at radius 1 is 0.909 bits per heavy atom. The summed E-state index contributed by atoms with van der Waals surface area (Å²) in [5.74, 6) is 0. The molecule has 0 bridgehead atoms. The van der Waals surface area contributed by atoms with Gasteiger partial charge in [0.25, 0.3) is 0 Å². The second kappa shape index (κ2) is 11.2. The number of alkyl halides is 6. The largest absolute Gasteiger partial charge is 0.472 e. The van der Waals surface area contributed by atoms with Gasteiger partial charge in [0.15, 0.2) is 13.2 Å². The molecule has 0 aliphatic carbocycles. The smallest absolute Gasteiger partial charge is 0.317 e. The maximum atomic E-state index is 11.4. The van der Waals surface area contributed by atoms with Crippen LogP contribution < -0.4 is 5.32 Å². The minimum atomic E-state index is -5.33. The number of phosphoric ester groups is 1. The Balaban J connectivity index is 0. The zero-order chi connectivity index (χ0) is 17.9. The standard InChI is InChI=1S/C6H15N.C4H5F6O4P/c1-3-5-7-6-4-2;5-3(6,7)1-13-15(11,12)14-2-4(8,9)10/h7H,3-6H2,1-2H3;1-2H2,(H,11,12). The van der Waals surface area contributed by atoms with E-state index >= 15 is 0 Å². The Morgan fingerprint density at radius 2 is 1.23 bits per heavy atom. The van der Waals surface area contributed by atoms with Gasteiger partial charge in [0.05, 0.1) is 0 Å². The molecule has 136 valence electrons. The third-order valence-electron chi connectivity index (χ3n) is 1.64. The van der Waals surface area contributed by atoms with Crippen molar-refractivity contribution in [2.45, 2.75) is 39.0 Å². The molecule has 0 amide bonds. The van der Waals surface area contributed by atoms with E-state index in [1.807, 2.05) is 0 Å². The number of halogens is 6. The van der Waals surface area contributed by atoms with Crippen LogP contribution in [0.1, 0.15) is 26.7 Å². The zero-order valence-electron chi connectivity index (χ0n) is 12.1. The predicted octanol–water partition coefficient (Wildman–Crippen LogP) is 3.64. The van der Waals surface area contributed by atoms with Crippen LogP contribution in [-0.4, -0.2) is 43.5 Å². The van der Waals surface area contributed by atoms with Crippen LogP contribution in [0.5, 0.6) is 0 Å². The molecule has 0 aromatic heterocycles. The normalized spacial score (nSPS) is 12.8.